The number of benzene rings is 4. The number of hydrogen-bond acceptors (Lipinski definition) is 5. The normalized spacial score (nSPS) is 14.0. The molecule has 0 aromatic heterocycles. The number of amides is 2. The van der Waals surface area contributed by atoms with E-state index in [1.54, 1.807) is 34.1 Å². The molecule has 5 rings (SSSR count). The summed E-state index contributed by atoms with van der Waals surface area (Å²) in [6, 6.07) is 29.6. The van der Waals surface area contributed by atoms with Crippen molar-refractivity contribution in [3.05, 3.63) is 125 Å². The van der Waals surface area contributed by atoms with E-state index in [1.807, 2.05) is 79.7 Å². The summed E-state index contributed by atoms with van der Waals surface area (Å²) in [5, 5.41) is 19.7. The van der Waals surface area contributed by atoms with E-state index in [2.05, 4.69) is 0 Å². The van der Waals surface area contributed by atoms with Gasteiger partial charge < -0.3 is 24.7 Å². The number of aliphatic hydroxyl groups is 1. The number of carboxylic acid groups (broad SMARTS) is 1. The fourth-order valence-corrected chi connectivity index (χ4v) is 5.89. The van der Waals surface area contributed by atoms with Gasteiger partial charge >= 0.3 is 5.97 Å². The molecule has 4 aromatic rings. The Labute approximate surface area is 263 Å². The summed E-state index contributed by atoms with van der Waals surface area (Å²) in [5.41, 5.74) is 5.14. The molecule has 0 saturated carbocycles. The lowest BCUT2D eigenvalue weighted by atomic mass is 9.91. The maximum atomic E-state index is 14.1. The first-order valence-corrected chi connectivity index (χ1v) is 15.3. The summed E-state index contributed by atoms with van der Waals surface area (Å²) in [6.45, 7) is 3.02. The highest BCUT2D eigenvalue weighted by atomic mass is 16.5. The van der Waals surface area contributed by atoms with Crippen molar-refractivity contribution >= 4 is 17.8 Å². The Morgan fingerprint density at radius 1 is 0.844 bits per heavy atom. The van der Waals surface area contributed by atoms with Crippen molar-refractivity contribution < 1.29 is 29.3 Å². The second kappa shape index (κ2) is 14.7. The van der Waals surface area contributed by atoms with E-state index in [0.29, 0.717) is 54.8 Å². The third kappa shape index (κ3) is 7.41. The molecule has 0 aliphatic carbocycles. The van der Waals surface area contributed by atoms with Crippen LogP contribution in [0.4, 0.5) is 0 Å². The first-order chi connectivity index (χ1) is 21.9. The molecular weight excluding hydrogens is 568 g/mol. The number of rotatable bonds is 12. The summed E-state index contributed by atoms with van der Waals surface area (Å²) in [5.74, 6) is -0.781. The minimum atomic E-state index is -0.989. The highest BCUT2D eigenvalue weighted by Gasteiger charge is 2.31. The maximum Gasteiger partial charge on any atom is 0.305 e. The number of aliphatic hydroxyl groups excluding tert-OH is 1. The van der Waals surface area contributed by atoms with Crippen LogP contribution in [-0.2, 0) is 24.2 Å². The van der Waals surface area contributed by atoms with Gasteiger partial charge in [0, 0.05) is 30.8 Å². The molecule has 1 aliphatic heterocycles. The van der Waals surface area contributed by atoms with Gasteiger partial charge in [-0.1, -0.05) is 72.8 Å². The molecule has 2 N–H and O–H groups in total. The molecule has 0 spiro atoms. The molecule has 0 radical (unpaired) electrons. The number of carbonyl (C=O) groups is 3. The van der Waals surface area contributed by atoms with Crippen molar-refractivity contribution in [2.24, 2.45) is 0 Å². The Morgan fingerprint density at radius 3 is 2.22 bits per heavy atom. The number of carboxylic acids is 1. The van der Waals surface area contributed by atoms with Crippen molar-refractivity contribution in [1.29, 1.82) is 0 Å². The van der Waals surface area contributed by atoms with Crippen LogP contribution in [0, 0.1) is 0 Å². The largest absolute Gasteiger partial charge is 0.494 e. The lowest BCUT2D eigenvalue weighted by molar-refractivity contribution is -0.137. The summed E-state index contributed by atoms with van der Waals surface area (Å²) in [4.78, 5) is 43.1. The number of hydrogen-bond donors (Lipinski definition) is 2. The van der Waals surface area contributed by atoms with E-state index in [9.17, 15) is 24.6 Å². The van der Waals surface area contributed by atoms with Crippen LogP contribution >= 0.6 is 0 Å². The van der Waals surface area contributed by atoms with Gasteiger partial charge in [-0.25, -0.2) is 0 Å². The molecule has 232 valence electrons. The molecule has 8 nitrogen and oxygen atoms in total. The smallest absolute Gasteiger partial charge is 0.305 e. The molecule has 0 saturated heterocycles. The Morgan fingerprint density at radius 2 is 1.51 bits per heavy atom. The fourth-order valence-electron chi connectivity index (χ4n) is 5.89. The Hall–Kier alpha value is -4.95. The predicted molar refractivity (Wildman–Crippen MR) is 172 cm³/mol. The van der Waals surface area contributed by atoms with Crippen LogP contribution in [0.3, 0.4) is 0 Å². The van der Waals surface area contributed by atoms with Gasteiger partial charge in [-0.2, -0.15) is 0 Å². The van der Waals surface area contributed by atoms with Crippen LogP contribution in [0.1, 0.15) is 50.8 Å². The average Bonchev–Trinajstić information content (AvgIpc) is 3.07. The van der Waals surface area contributed by atoms with Gasteiger partial charge in [0.05, 0.1) is 25.7 Å². The molecule has 2 amide bonds. The highest BCUT2D eigenvalue weighted by molar-refractivity contribution is 6.06. The van der Waals surface area contributed by atoms with Gasteiger partial charge in [0.15, 0.2) is 0 Å². The molecule has 4 aromatic carbocycles. The Balaban J connectivity index is 1.45. The lowest BCUT2D eigenvalue weighted by Gasteiger charge is -2.36. The predicted octanol–water partition coefficient (Wildman–Crippen LogP) is 5.47. The quantitative estimate of drug-likeness (QED) is 0.222. The zero-order valence-electron chi connectivity index (χ0n) is 25.4. The van der Waals surface area contributed by atoms with Crippen LogP contribution in [0.5, 0.6) is 5.75 Å². The van der Waals surface area contributed by atoms with E-state index < -0.39 is 5.97 Å². The maximum absolute atomic E-state index is 14.1. The first-order valence-electron chi connectivity index (χ1n) is 15.3. The van der Waals surface area contributed by atoms with Crippen molar-refractivity contribution in [3.8, 4) is 16.9 Å². The topological polar surface area (TPSA) is 107 Å². The SMILES string of the molecule is CCOc1cccc(CCN(CCC(=O)O)C(=O)c2ccccc2-c2ccccc2C(=O)N2Cc3ccccc3C[C@H]2CO)c1. The number of ether oxygens (including phenoxy) is 1. The molecule has 1 atom stereocenters. The van der Waals surface area contributed by atoms with E-state index in [0.717, 1.165) is 22.4 Å². The van der Waals surface area contributed by atoms with Crippen LogP contribution in [0.2, 0.25) is 0 Å². The van der Waals surface area contributed by atoms with Gasteiger partial charge in [0.25, 0.3) is 11.8 Å². The van der Waals surface area contributed by atoms with Gasteiger partial charge in [0.1, 0.15) is 5.75 Å². The van der Waals surface area contributed by atoms with Crippen molar-refractivity contribution in [3.63, 3.8) is 0 Å². The number of aliphatic carboxylic acids is 1. The van der Waals surface area contributed by atoms with Gasteiger partial charge in [0.2, 0.25) is 0 Å². The van der Waals surface area contributed by atoms with E-state index in [1.165, 1.54) is 0 Å². The number of carbonyl (C=O) groups excluding carboxylic acids is 2. The minimum Gasteiger partial charge on any atom is -0.494 e. The number of fused-ring (bicyclic) bond motifs is 1. The second-order valence-corrected chi connectivity index (χ2v) is 11.1. The van der Waals surface area contributed by atoms with E-state index >= 15 is 0 Å². The molecule has 0 bridgehead atoms. The van der Waals surface area contributed by atoms with Gasteiger partial charge in [-0.05, 0) is 71.8 Å². The molecule has 8 heteroatoms. The monoisotopic (exact) mass is 606 g/mol. The van der Waals surface area contributed by atoms with E-state index in [4.69, 9.17) is 4.74 Å². The molecule has 1 aliphatic rings. The second-order valence-electron chi connectivity index (χ2n) is 11.1. The van der Waals surface area contributed by atoms with Crippen LogP contribution in [-0.4, -0.2) is 70.1 Å². The number of nitrogens with zero attached hydrogens (tertiary/aromatic N) is 2. The molecule has 0 fully saturated rings. The highest BCUT2D eigenvalue weighted by Crippen LogP contribution is 2.32. The zero-order valence-corrected chi connectivity index (χ0v) is 25.4. The fraction of sp³-hybridized carbons (Fsp3) is 0.270. The van der Waals surface area contributed by atoms with Crippen LogP contribution in [0.15, 0.2) is 97.1 Å². The minimum absolute atomic E-state index is 0.0413. The molecular formula is C37H38N2O6. The Bertz CT molecular complexity index is 1670. The van der Waals surface area contributed by atoms with E-state index in [-0.39, 0.29) is 37.4 Å². The van der Waals surface area contributed by atoms with Gasteiger partial charge in [-0.3, -0.25) is 14.4 Å². The molecule has 45 heavy (non-hydrogen) atoms. The van der Waals surface area contributed by atoms with Crippen LogP contribution in [0.25, 0.3) is 11.1 Å². The summed E-state index contributed by atoms with van der Waals surface area (Å²) in [6.07, 6.45) is 0.880. The first kappa shape index (κ1) is 31.5. The van der Waals surface area contributed by atoms with Crippen LogP contribution < -0.4 is 4.74 Å². The molecule has 0 unspecified atom stereocenters. The summed E-state index contributed by atoms with van der Waals surface area (Å²) >= 11 is 0. The summed E-state index contributed by atoms with van der Waals surface area (Å²) in [7, 11) is 0. The molecule has 1 heterocycles. The third-order valence-corrected chi connectivity index (χ3v) is 8.19. The zero-order chi connectivity index (χ0) is 31.8. The standard InChI is InChI=1S/C37H38N2O6/c1-2-45-30-13-9-10-26(22-30)18-20-38(21-19-35(41)42)36(43)33-16-7-5-14-31(33)32-15-6-8-17-34(32)37(44)39-24-28-12-4-3-11-27(28)23-29(39)25-40/h3-17,22,29,40H,2,18-21,23-25H2,1H3,(H,41,42)/t29-/m0/s1. The van der Waals surface area contributed by atoms with Gasteiger partial charge in [-0.15, -0.1) is 0 Å². The Kier molecular flexibility index (Phi) is 10.3. The lowest BCUT2D eigenvalue weighted by Crippen LogP contribution is -2.46. The van der Waals surface area contributed by atoms with Crippen molar-refractivity contribution in [1.82, 2.24) is 9.80 Å². The third-order valence-electron chi connectivity index (χ3n) is 8.19. The van der Waals surface area contributed by atoms with Crippen molar-refractivity contribution in [2.45, 2.75) is 38.8 Å². The summed E-state index contributed by atoms with van der Waals surface area (Å²) < 4.78 is 5.62. The van der Waals surface area contributed by atoms with Crippen molar-refractivity contribution in [2.75, 3.05) is 26.3 Å². The average molecular weight is 607 g/mol.